The van der Waals surface area contributed by atoms with Crippen LogP contribution >= 0.6 is 35.0 Å². The maximum atomic E-state index is 13.1. The Morgan fingerprint density at radius 1 is 1.14 bits per heavy atom. The van der Waals surface area contributed by atoms with Gasteiger partial charge in [0.2, 0.25) is 5.91 Å². The fourth-order valence-corrected chi connectivity index (χ4v) is 4.03. The molecular weight excluding hydrogens is 332 g/mol. The topological polar surface area (TPSA) is 20.3 Å². The highest BCUT2D eigenvalue weighted by molar-refractivity contribution is 8.00. The summed E-state index contributed by atoms with van der Waals surface area (Å²) in [4.78, 5) is 13.8. The van der Waals surface area contributed by atoms with E-state index in [-0.39, 0.29) is 17.1 Å². The predicted octanol–water partition coefficient (Wildman–Crippen LogP) is 4.91. The van der Waals surface area contributed by atoms with Gasteiger partial charge in [0.15, 0.2) is 0 Å². The standard InChI is InChI=1S/C15H10Cl2FNOS/c16-9-1-6-12(13(17)7-9)15-19(14(20)8-21-15)11-4-2-10(18)3-5-11/h1-7,15H,8H2. The molecule has 1 aliphatic rings. The molecule has 1 amide bonds. The highest BCUT2D eigenvalue weighted by atomic mass is 35.5. The molecule has 1 aliphatic heterocycles. The molecule has 0 saturated carbocycles. The third-order valence-electron chi connectivity index (χ3n) is 3.20. The Morgan fingerprint density at radius 2 is 1.86 bits per heavy atom. The Labute approximate surface area is 135 Å². The maximum absolute atomic E-state index is 13.1. The summed E-state index contributed by atoms with van der Waals surface area (Å²) >= 11 is 13.6. The van der Waals surface area contributed by atoms with Crippen LogP contribution in [0.2, 0.25) is 10.0 Å². The zero-order valence-corrected chi connectivity index (χ0v) is 13.1. The molecule has 21 heavy (non-hydrogen) atoms. The van der Waals surface area contributed by atoms with Crippen LogP contribution in [-0.4, -0.2) is 11.7 Å². The van der Waals surface area contributed by atoms with Gasteiger partial charge in [-0.2, -0.15) is 0 Å². The normalized spacial score (nSPS) is 18.3. The van der Waals surface area contributed by atoms with Crippen LogP contribution in [0, 0.1) is 5.82 Å². The van der Waals surface area contributed by atoms with Crippen LogP contribution in [0.25, 0.3) is 0 Å². The summed E-state index contributed by atoms with van der Waals surface area (Å²) in [6.45, 7) is 0. The average Bonchev–Trinajstić information content (AvgIpc) is 2.82. The van der Waals surface area contributed by atoms with Gasteiger partial charge in [-0.25, -0.2) is 4.39 Å². The zero-order valence-electron chi connectivity index (χ0n) is 10.7. The molecule has 1 saturated heterocycles. The van der Waals surface area contributed by atoms with E-state index in [1.54, 1.807) is 29.2 Å². The first-order valence-electron chi connectivity index (χ1n) is 6.20. The lowest BCUT2D eigenvalue weighted by Crippen LogP contribution is -2.27. The van der Waals surface area contributed by atoms with Crippen molar-refractivity contribution < 1.29 is 9.18 Å². The van der Waals surface area contributed by atoms with Crippen LogP contribution in [0.3, 0.4) is 0 Å². The van der Waals surface area contributed by atoms with Gasteiger partial charge < -0.3 is 0 Å². The summed E-state index contributed by atoms with van der Waals surface area (Å²) in [5, 5.41) is 0.834. The van der Waals surface area contributed by atoms with E-state index >= 15 is 0 Å². The lowest BCUT2D eigenvalue weighted by molar-refractivity contribution is -0.115. The van der Waals surface area contributed by atoms with Gasteiger partial charge in [-0.05, 0) is 36.4 Å². The first kappa shape index (κ1) is 14.7. The van der Waals surface area contributed by atoms with E-state index < -0.39 is 0 Å². The minimum atomic E-state index is -0.334. The second-order valence-corrected chi connectivity index (χ2v) is 6.48. The number of halogens is 3. The lowest BCUT2D eigenvalue weighted by Gasteiger charge is -2.25. The van der Waals surface area contributed by atoms with Gasteiger partial charge in [0, 0.05) is 21.3 Å². The fraction of sp³-hybridized carbons (Fsp3) is 0.133. The molecule has 0 N–H and O–H groups in total. The predicted molar refractivity (Wildman–Crippen MR) is 85.5 cm³/mol. The molecule has 2 aromatic rings. The molecule has 108 valence electrons. The van der Waals surface area contributed by atoms with Gasteiger partial charge in [0.1, 0.15) is 11.2 Å². The number of rotatable bonds is 2. The van der Waals surface area contributed by atoms with Gasteiger partial charge in [-0.1, -0.05) is 29.3 Å². The minimum absolute atomic E-state index is 0.0253. The number of hydrogen-bond acceptors (Lipinski definition) is 2. The van der Waals surface area contributed by atoms with Gasteiger partial charge >= 0.3 is 0 Å². The van der Waals surface area contributed by atoms with Gasteiger partial charge in [0.05, 0.1) is 5.75 Å². The molecule has 0 bridgehead atoms. The van der Waals surface area contributed by atoms with Gasteiger partial charge in [-0.3, -0.25) is 9.69 Å². The number of hydrogen-bond donors (Lipinski definition) is 0. The van der Waals surface area contributed by atoms with Crippen molar-refractivity contribution in [2.45, 2.75) is 5.37 Å². The minimum Gasteiger partial charge on any atom is -0.295 e. The van der Waals surface area contributed by atoms with Crippen LogP contribution in [-0.2, 0) is 4.79 Å². The van der Waals surface area contributed by atoms with E-state index in [1.807, 2.05) is 6.07 Å². The maximum Gasteiger partial charge on any atom is 0.238 e. The van der Waals surface area contributed by atoms with E-state index in [0.717, 1.165) is 5.56 Å². The van der Waals surface area contributed by atoms with Crippen molar-refractivity contribution >= 4 is 46.6 Å². The second kappa shape index (κ2) is 5.87. The number of carbonyl (C=O) groups is 1. The second-order valence-electron chi connectivity index (χ2n) is 4.57. The van der Waals surface area contributed by atoms with Crippen molar-refractivity contribution in [3.8, 4) is 0 Å². The monoisotopic (exact) mass is 341 g/mol. The van der Waals surface area contributed by atoms with Crippen molar-refractivity contribution in [3.05, 3.63) is 63.9 Å². The highest BCUT2D eigenvalue weighted by Gasteiger charge is 2.35. The van der Waals surface area contributed by atoms with Crippen molar-refractivity contribution in [1.29, 1.82) is 0 Å². The Bertz CT molecular complexity index is 693. The molecule has 1 unspecified atom stereocenters. The Kier molecular flexibility index (Phi) is 4.11. The Morgan fingerprint density at radius 3 is 2.52 bits per heavy atom. The number of amides is 1. The van der Waals surface area contributed by atoms with Crippen LogP contribution in [0.15, 0.2) is 42.5 Å². The Hall–Kier alpha value is -1.23. The van der Waals surface area contributed by atoms with Crippen molar-refractivity contribution in [3.63, 3.8) is 0 Å². The zero-order chi connectivity index (χ0) is 15.0. The summed E-state index contributed by atoms with van der Waals surface area (Å²) in [6.07, 6.45) is 0. The van der Waals surface area contributed by atoms with E-state index in [0.29, 0.717) is 21.5 Å². The summed E-state index contributed by atoms with van der Waals surface area (Å²) in [5.74, 6) is 0.00261. The van der Waals surface area contributed by atoms with Crippen LogP contribution in [0.1, 0.15) is 10.9 Å². The summed E-state index contributed by atoms with van der Waals surface area (Å²) in [5.41, 5.74) is 1.48. The van der Waals surface area contributed by atoms with Crippen LogP contribution in [0.4, 0.5) is 10.1 Å². The smallest absolute Gasteiger partial charge is 0.238 e. The molecule has 1 heterocycles. The lowest BCUT2D eigenvalue weighted by atomic mass is 10.2. The average molecular weight is 342 g/mol. The number of anilines is 1. The highest BCUT2D eigenvalue weighted by Crippen LogP contribution is 2.44. The SMILES string of the molecule is O=C1CSC(c2ccc(Cl)cc2Cl)N1c1ccc(F)cc1. The van der Waals surface area contributed by atoms with Crippen LogP contribution < -0.4 is 4.90 Å². The fourth-order valence-electron chi connectivity index (χ4n) is 2.24. The van der Waals surface area contributed by atoms with Crippen LogP contribution in [0.5, 0.6) is 0 Å². The van der Waals surface area contributed by atoms with E-state index in [1.165, 1.54) is 23.9 Å². The molecule has 0 radical (unpaired) electrons. The molecule has 0 spiro atoms. The Balaban J connectivity index is 2.01. The molecule has 1 fully saturated rings. The first-order chi connectivity index (χ1) is 10.1. The van der Waals surface area contributed by atoms with E-state index in [9.17, 15) is 9.18 Å². The number of carbonyl (C=O) groups excluding carboxylic acids is 1. The number of nitrogens with zero attached hydrogens (tertiary/aromatic N) is 1. The summed E-state index contributed by atoms with van der Waals surface area (Å²) < 4.78 is 13.1. The first-order valence-corrected chi connectivity index (χ1v) is 8.01. The van der Waals surface area contributed by atoms with Gasteiger partial charge in [-0.15, -0.1) is 11.8 Å². The molecule has 2 nitrogen and oxygen atoms in total. The molecule has 1 atom stereocenters. The van der Waals surface area contributed by atoms with Crippen molar-refractivity contribution in [2.24, 2.45) is 0 Å². The van der Waals surface area contributed by atoms with Crippen molar-refractivity contribution in [2.75, 3.05) is 10.7 Å². The van der Waals surface area contributed by atoms with Crippen molar-refractivity contribution in [1.82, 2.24) is 0 Å². The molecule has 6 heteroatoms. The largest absolute Gasteiger partial charge is 0.295 e. The molecule has 0 aromatic heterocycles. The molecule has 2 aromatic carbocycles. The van der Waals surface area contributed by atoms with E-state index in [4.69, 9.17) is 23.2 Å². The summed E-state index contributed by atoms with van der Waals surface area (Å²) in [7, 11) is 0. The molecule has 0 aliphatic carbocycles. The van der Waals surface area contributed by atoms with E-state index in [2.05, 4.69) is 0 Å². The molecule has 3 rings (SSSR count). The molecular formula is C15H10Cl2FNOS. The third-order valence-corrected chi connectivity index (χ3v) is 4.96. The third kappa shape index (κ3) is 2.89. The summed E-state index contributed by atoms with van der Waals surface area (Å²) in [6, 6.07) is 11.1. The quantitative estimate of drug-likeness (QED) is 0.773. The van der Waals surface area contributed by atoms with Gasteiger partial charge in [0.25, 0.3) is 0 Å². The number of benzene rings is 2. The number of thioether (sulfide) groups is 1.